The number of benzene rings is 2. The minimum Gasteiger partial charge on any atom is -0.333 e. The topological polar surface area (TPSA) is 44.1 Å². The summed E-state index contributed by atoms with van der Waals surface area (Å²) >= 11 is 3.41. The summed E-state index contributed by atoms with van der Waals surface area (Å²) in [4.78, 5) is 14.4. The summed E-state index contributed by atoms with van der Waals surface area (Å²) in [7, 11) is 0. The van der Waals surface area contributed by atoms with Crippen molar-refractivity contribution < 1.29 is 4.79 Å². The van der Waals surface area contributed by atoms with Gasteiger partial charge in [-0.1, -0.05) is 42.5 Å². The molecular weight excluding hydrogens is 328 g/mol. The maximum Gasteiger partial charge on any atom is 0.255 e. The van der Waals surface area contributed by atoms with Gasteiger partial charge in [0.25, 0.3) is 5.91 Å². The Morgan fingerprint density at radius 1 is 1.10 bits per heavy atom. The van der Waals surface area contributed by atoms with Crippen LogP contribution in [0.3, 0.4) is 0 Å². The molecule has 4 heteroatoms. The van der Waals surface area contributed by atoms with E-state index < -0.39 is 0 Å². The lowest BCUT2D eigenvalue weighted by Crippen LogP contribution is -2.31. The molecule has 1 amide bonds. The molecule has 21 heavy (non-hydrogen) atoms. The van der Waals surface area contributed by atoms with E-state index in [1.807, 2.05) is 48.5 Å². The van der Waals surface area contributed by atoms with E-state index in [-0.39, 0.29) is 5.91 Å². The van der Waals surface area contributed by atoms with Crippen LogP contribution in [0.5, 0.6) is 0 Å². The first kappa shape index (κ1) is 15.3. The van der Waals surface area contributed by atoms with Gasteiger partial charge in [-0.25, -0.2) is 0 Å². The molecule has 0 aliphatic heterocycles. The fourth-order valence-electron chi connectivity index (χ4n) is 2.05. The second-order valence-electron chi connectivity index (χ2n) is 4.60. The molecule has 3 nitrogen and oxygen atoms in total. The molecule has 2 rings (SSSR count). The molecule has 0 N–H and O–H groups in total. The lowest BCUT2D eigenvalue weighted by atomic mass is 10.1. The fourth-order valence-corrected chi connectivity index (χ4v) is 2.50. The molecule has 0 heterocycles. The molecule has 0 aromatic heterocycles. The Morgan fingerprint density at radius 3 is 2.43 bits per heavy atom. The van der Waals surface area contributed by atoms with Crippen LogP contribution in [0.2, 0.25) is 0 Å². The Bertz CT molecular complexity index is 649. The highest BCUT2D eigenvalue weighted by atomic mass is 79.9. The van der Waals surface area contributed by atoms with Crippen molar-refractivity contribution in [3.05, 3.63) is 70.2 Å². The van der Waals surface area contributed by atoms with Crippen molar-refractivity contribution >= 4 is 21.8 Å². The van der Waals surface area contributed by atoms with E-state index in [9.17, 15) is 4.79 Å². The van der Waals surface area contributed by atoms with Crippen LogP contribution in [0.4, 0.5) is 0 Å². The molecule has 0 aliphatic rings. The van der Waals surface area contributed by atoms with E-state index in [1.165, 1.54) is 0 Å². The normalized spacial score (nSPS) is 9.90. The fraction of sp³-hybridized carbons (Fsp3) is 0.176. The highest BCUT2D eigenvalue weighted by Crippen LogP contribution is 2.19. The highest BCUT2D eigenvalue weighted by molar-refractivity contribution is 9.10. The standard InChI is InChI=1S/C17H15BrN2O/c18-16-10-5-4-9-15(16)17(21)20(12-6-11-19)13-14-7-2-1-3-8-14/h1-5,7-10H,6,12-13H2. The molecule has 0 saturated heterocycles. The van der Waals surface area contributed by atoms with Crippen LogP contribution in [0.1, 0.15) is 22.3 Å². The zero-order chi connectivity index (χ0) is 15.1. The third-order valence-corrected chi connectivity index (χ3v) is 3.79. The summed E-state index contributed by atoms with van der Waals surface area (Å²) in [6.45, 7) is 0.925. The third kappa shape index (κ3) is 4.17. The summed E-state index contributed by atoms with van der Waals surface area (Å²) < 4.78 is 0.769. The van der Waals surface area contributed by atoms with Crippen molar-refractivity contribution in [2.75, 3.05) is 6.54 Å². The van der Waals surface area contributed by atoms with Gasteiger partial charge in [0, 0.05) is 17.6 Å². The van der Waals surface area contributed by atoms with Crippen LogP contribution in [0.15, 0.2) is 59.1 Å². The average molecular weight is 343 g/mol. The average Bonchev–Trinajstić information content (AvgIpc) is 2.52. The maximum absolute atomic E-state index is 12.7. The van der Waals surface area contributed by atoms with Gasteiger partial charge in [-0.2, -0.15) is 5.26 Å². The Labute approximate surface area is 132 Å². The molecule has 2 aromatic rings. The van der Waals surface area contributed by atoms with E-state index >= 15 is 0 Å². The van der Waals surface area contributed by atoms with Gasteiger partial charge >= 0.3 is 0 Å². The van der Waals surface area contributed by atoms with Gasteiger partial charge in [0.15, 0.2) is 0 Å². The molecule has 0 saturated carbocycles. The lowest BCUT2D eigenvalue weighted by Gasteiger charge is -2.22. The Morgan fingerprint density at radius 2 is 1.76 bits per heavy atom. The van der Waals surface area contributed by atoms with Gasteiger partial charge in [-0.05, 0) is 33.6 Å². The summed E-state index contributed by atoms with van der Waals surface area (Å²) in [6, 6.07) is 19.2. The van der Waals surface area contributed by atoms with E-state index in [2.05, 4.69) is 22.0 Å². The van der Waals surface area contributed by atoms with Gasteiger partial charge in [0.1, 0.15) is 0 Å². The third-order valence-electron chi connectivity index (χ3n) is 3.10. The molecule has 2 aromatic carbocycles. The molecule has 106 valence electrons. The van der Waals surface area contributed by atoms with Crippen LogP contribution < -0.4 is 0 Å². The summed E-state index contributed by atoms with van der Waals surface area (Å²) in [5.74, 6) is -0.0680. The van der Waals surface area contributed by atoms with Crippen molar-refractivity contribution in [2.24, 2.45) is 0 Å². The number of nitriles is 1. The predicted molar refractivity (Wildman–Crippen MR) is 85.6 cm³/mol. The zero-order valence-electron chi connectivity index (χ0n) is 11.5. The van der Waals surface area contributed by atoms with E-state index in [0.717, 1.165) is 10.0 Å². The second kappa shape index (κ2) is 7.61. The molecule has 0 unspecified atom stereocenters. The van der Waals surface area contributed by atoms with Crippen molar-refractivity contribution in [3.63, 3.8) is 0 Å². The van der Waals surface area contributed by atoms with Crippen LogP contribution in [0.25, 0.3) is 0 Å². The number of carbonyl (C=O) groups is 1. The molecule has 0 aliphatic carbocycles. The smallest absolute Gasteiger partial charge is 0.255 e. The first-order valence-corrected chi connectivity index (χ1v) is 7.46. The first-order chi connectivity index (χ1) is 10.2. The molecule has 0 bridgehead atoms. The molecular formula is C17H15BrN2O. The molecule has 0 spiro atoms. The number of halogens is 1. The summed E-state index contributed by atoms with van der Waals surface area (Å²) in [5, 5.41) is 8.79. The van der Waals surface area contributed by atoms with E-state index in [4.69, 9.17) is 5.26 Å². The predicted octanol–water partition coefficient (Wildman–Crippen LogP) is 4.01. The van der Waals surface area contributed by atoms with Gasteiger partial charge < -0.3 is 4.90 Å². The number of nitrogens with zero attached hydrogens (tertiary/aromatic N) is 2. The number of rotatable bonds is 5. The second-order valence-corrected chi connectivity index (χ2v) is 5.45. The summed E-state index contributed by atoms with van der Waals surface area (Å²) in [5.41, 5.74) is 1.67. The quantitative estimate of drug-likeness (QED) is 0.823. The highest BCUT2D eigenvalue weighted by Gasteiger charge is 2.17. The van der Waals surface area contributed by atoms with Crippen LogP contribution in [0, 0.1) is 11.3 Å². The number of hydrogen-bond donors (Lipinski definition) is 0. The molecule has 0 radical (unpaired) electrons. The zero-order valence-corrected chi connectivity index (χ0v) is 13.1. The van der Waals surface area contributed by atoms with E-state index in [0.29, 0.717) is 25.1 Å². The summed E-state index contributed by atoms with van der Waals surface area (Å²) in [6.07, 6.45) is 0.322. The Kier molecular flexibility index (Phi) is 5.53. The van der Waals surface area contributed by atoms with Crippen LogP contribution in [-0.4, -0.2) is 17.4 Å². The van der Waals surface area contributed by atoms with Gasteiger partial charge in [0.2, 0.25) is 0 Å². The van der Waals surface area contributed by atoms with Crippen LogP contribution in [-0.2, 0) is 6.54 Å². The van der Waals surface area contributed by atoms with Gasteiger partial charge in [-0.15, -0.1) is 0 Å². The Hall–Kier alpha value is -2.12. The minimum atomic E-state index is -0.0680. The largest absolute Gasteiger partial charge is 0.333 e. The lowest BCUT2D eigenvalue weighted by molar-refractivity contribution is 0.0746. The molecule has 0 fully saturated rings. The van der Waals surface area contributed by atoms with Crippen LogP contribution >= 0.6 is 15.9 Å². The number of amides is 1. The van der Waals surface area contributed by atoms with Crippen molar-refractivity contribution in [2.45, 2.75) is 13.0 Å². The van der Waals surface area contributed by atoms with Crippen molar-refractivity contribution in [1.29, 1.82) is 5.26 Å². The Balaban J connectivity index is 2.21. The first-order valence-electron chi connectivity index (χ1n) is 6.67. The number of hydrogen-bond acceptors (Lipinski definition) is 2. The molecule has 0 atom stereocenters. The van der Waals surface area contributed by atoms with E-state index in [1.54, 1.807) is 11.0 Å². The van der Waals surface area contributed by atoms with Crippen molar-refractivity contribution in [1.82, 2.24) is 4.90 Å². The maximum atomic E-state index is 12.7. The SMILES string of the molecule is N#CCCN(Cc1ccccc1)C(=O)c1ccccc1Br. The monoisotopic (exact) mass is 342 g/mol. The van der Waals surface area contributed by atoms with Crippen molar-refractivity contribution in [3.8, 4) is 6.07 Å². The van der Waals surface area contributed by atoms with Gasteiger partial charge in [0.05, 0.1) is 18.1 Å². The minimum absolute atomic E-state index is 0.0680. The number of carbonyl (C=O) groups excluding carboxylic acids is 1. The van der Waals surface area contributed by atoms with Gasteiger partial charge in [-0.3, -0.25) is 4.79 Å².